The van der Waals surface area contributed by atoms with Gasteiger partial charge >= 0.3 is 0 Å². The maximum absolute atomic E-state index is 12.4. The van der Waals surface area contributed by atoms with Gasteiger partial charge in [-0.1, -0.05) is 12.1 Å². The lowest BCUT2D eigenvalue weighted by atomic mass is 9.85. The van der Waals surface area contributed by atoms with Gasteiger partial charge in [-0.25, -0.2) is 0 Å². The number of nitrogens with two attached hydrogens (primary N) is 2. The molecule has 1 atom stereocenters. The third-order valence-electron chi connectivity index (χ3n) is 3.73. The Morgan fingerprint density at radius 3 is 2.48 bits per heavy atom. The first kappa shape index (κ1) is 12.7. The van der Waals surface area contributed by atoms with Gasteiger partial charge in [0.25, 0.3) is 0 Å². The zero-order valence-electron chi connectivity index (χ0n) is 10.9. The monoisotopic (exact) mass is 274 g/mol. The lowest BCUT2D eigenvalue weighted by molar-refractivity contribution is -0.116. The highest BCUT2D eigenvalue weighted by atomic mass is 16.1. The van der Waals surface area contributed by atoms with Crippen LogP contribution in [0.25, 0.3) is 11.1 Å². The number of anilines is 1. The van der Waals surface area contributed by atoms with E-state index in [1.807, 2.05) is 12.1 Å². The van der Waals surface area contributed by atoms with Crippen molar-refractivity contribution in [2.45, 2.75) is 0 Å². The number of hydrogen-bond acceptors (Lipinski definition) is 5. The molecular formula is C16H10N4O. The fraction of sp³-hybridized carbons (Fsp3) is 0.0625. The Morgan fingerprint density at radius 2 is 1.81 bits per heavy atom. The molecule has 0 saturated carbocycles. The molecule has 4 N–H and O–H groups in total. The number of benzene rings is 1. The first-order chi connectivity index (χ1) is 10.1. The minimum Gasteiger partial charge on any atom is -0.399 e. The van der Waals surface area contributed by atoms with Crippen molar-refractivity contribution < 1.29 is 4.79 Å². The van der Waals surface area contributed by atoms with Crippen LogP contribution in [0.1, 0.15) is 11.1 Å². The normalized spacial score (nSPS) is 18.9. The van der Waals surface area contributed by atoms with Crippen molar-refractivity contribution in [3.8, 4) is 12.1 Å². The van der Waals surface area contributed by atoms with Crippen LogP contribution in [0.3, 0.4) is 0 Å². The number of carbonyl (C=O) groups excluding carboxylic acids is 1. The zero-order chi connectivity index (χ0) is 15.1. The van der Waals surface area contributed by atoms with Crippen molar-refractivity contribution >= 4 is 22.6 Å². The minimum atomic E-state index is -0.693. The predicted molar refractivity (Wildman–Crippen MR) is 77.7 cm³/mol. The smallest absolute Gasteiger partial charge is 0.190 e. The van der Waals surface area contributed by atoms with Crippen molar-refractivity contribution in [3.63, 3.8) is 0 Å². The van der Waals surface area contributed by atoms with Crippen LogP contribution in [0.4, 0.5) is 5.69 Å². The molecule has 3 rings (SSSR count). The van der Waals surface area contributed by atoms with E-state index >= 15 is 0 Å². The molecule has 0 bridgehead atoms. The van der Waals surface area contributed by atoms with Crippen molar-refractivity contribution in [1.82, 2.24) is 0 Å². The molecule has 1 aromatic carbocycles. The highest BCUT2D eigenvalue weighted by Crippen LogP contribution is 2.49. The van der Waals surface area contributed by atoms with Gasteiger partial charge < -0.3 is 11.5 Å². The van der Waals surface area contributed by atoms with Crippen molar-refractivity contribution in [3.05, 3.63) is 52.7 Å². The Kier molecular flexibility index (Phi) is 2.64. The summed E-state index contributed by atoms with van der Waals surface area (Å²) in [5.41, 5.74) is 14.7. The van der Waals surface area contributed by atoms with Gasteiger partial charge in [-0.15, -0.1) is 0 Å². The van der Waals surface area contributed by atoms with Crippen molar-refractivity contribution in [2.24, 2.45) is 11.7 Å². The van der Waals surface area contributed by atoms with E-state index in [0.717, 1.165) is 11.1 Å². The molecule has 0 fully saturated rings. The van der Waals surface area contributed by atoms with Gasteiger partial charge in [0.2, 0.25) is 0 Å². The number of allylic oxidation sites excluding steroid dienone is 6. The second kappa shape index (κ2) is 4.36. The standard InChI is InChI=1S/C16H10N4O/c17-6-8(7-18)14-12-5-9(19)1-2-10(12)11-3-4-13(20)16(21)15(11)14/h1-5,15H,19-20H2. The molecule has 0 saturated heterocycles. The number of nitrogens with zero attached hydrogens (tertiary/aromatic N) is 2. The number of hydrogen-bond donors (Lipinski definition) is 2. The summed E-state index contributed by atoms with van der Waals surface area (Å²) < 4.78 is 0. The summed E-state index contributed by atoms with van der Waals surface area (Å²) in [5.74, 6) is -0.985. The molecule has 0 aromatic heterocycles. The zero-order valence-corrected chi connectivity index (χ0v) is 10.9. The van der Waals surface area contributed by atoms with Crippen LogP contribution in [0.15, 0.2) is 41.6 Å². The number of nitriles is 2. The van der Waals surface area contributed by atoms with E-state index in [0.29, 0.717) is 16.8 Å². The molecule has 0 spiro atoms. The lowest BCUT2D eigenvalue weighted by Gasteiger charge is -2.17. The van der Waals surface area contributed by atoms with Crippen LogP contribution in [0, 0.1) is 28.6 Å². The Labute approximate surface area is 121 Å². The molecule has 5 nitrogen and oxygen atoms in total. The molecule has 0 aliphatic heterocycles. The molecule has 21 heavy (non-hydrogen) atoms. The van der Waals surface area contributed by atoms with Crippen LogP contribution in [0.2, 0.25) is 0 Å². The summed E-state index contributed by atoms with van der Waals surface area (Å²) in [6.45, 7) is 0. The van der Waals surface area contributed by atoms with Gasteiger partial charge in [-0.3, -0.25) is 4.79 Å². The number of fused-ring (bicyclic) bond motifs is 3. The SMILES string of the molecule is N#CC(C#N)=C1c2cc(N)ccc2C2=CC=C(N)C(=O)C21. The Morgan fingerprint density at radius 1 is 1.10 bits per heavy atom. The van der Waals surface area contributed by atoms with E-state index in [-0.39, 0.29) is 17.1 Å². The van der Waals surface area contributed by atoms with Crippen LogP contribution in [0.5, 0.6) is 0 Å². The molecule has 1 unspecified atom stereocenters. The summed E-state index contributed by atoms with van der Waals surface area (Å²) in [5, 5.41) is 18.4. The summed E-state index contributed by atoms with van der Waals surface area (Å²) >= 11 is 0. The van der Waals surface area contributed by atoms with Gasteiger partial charge in [0.1, 0.15) is 17.7 Å². The molecule has 2 aliphatic rings. The molecular weight excluding hydrogens is 264 g/mol. The highest BCUT2D eigenvalue weighted by Gasteiger charge is 2.40. The molecule has 100 valence electrons. The fourth-order valence-electron chi connectivity index (χ4n) is 2.81. The molecule has 0 amide bonds. The maximum Gasteiger partial charge on any atom is 0.190 e. The van der Waals surface area contributed by atoms with Gasteiger partial charge in [-0.2, -0.15) is 10.5 Å². The number of ketones is 1. The van der Waals surface area contributed by atoms with Gasteiger partial charge in [0.05, 0.1) is 11.6 Å². The summed E-state index contributed by atoms with van der Waals surface area (Å²) in [6.07, 6.45) is 3.31. The minimum absolute atomic E-state index is 0.0849. The Balaban J connectivity index is 2.40. The number of rotatable bonds is 0. The summed E-state index contributed by atoms with van der Waals surface area (Å²) in [6, 6.07) is 8.93. The van der Waals surface area contributed by atoms with Gasteiger partial charge in [-0.05, 0) is 34.9 Å². The number of Topliss-reactive ketones (excluding diaryl/α,β-unsaturated/α-hetero) is 1. The van der Waals surface area contributed by atoms with Crippen LogP contribution >= 0.6 is 0 Å². The van der Waals surface area contributed by atoms with Gasteiger partial charge in [0, 0.05) is 11.3 Å². The first-order valence-corrected chi connectivity index (χ1v) is 6.24. The third kappa shape index (κ3) is 1.65. The third-order valence-corrected chi connectivity index (χ3v) is 3.73. The van der Waals surface area contributed by atoms with Crippen molar-refractivity contribution in [1.29, 1.82) is 10.5 Å². The molecule has 2 aliphatic carbocycles. The van der Waals surface area contributed by atoms with E-state index in [2.05, 4.69) is 0 Å². The first-order valence-electron chi connectivity index (χ1n) is 6.24. The topological polar surface area (TPSA) is 117 Å². The van der Waals surface area contributed by atoms with Crippen LogP contribution < -0.4 is 11.5 Å². The van der Waals surface area contributed by atoms with Crippen LogP contribution in [-0.4, -0.2) is 5.78 Å². The lowest BCUT2D eigenvalue weighted by Crippen LogP contribution is -2.23. The second-order valence-electron chi connectivity index (χ2n) is 4.86. The Bertz CT molecular complexity index is 843. The molecule has 0 radical (unpaired) electrons. The van der Waals surface area contributed by atoms with Gasteiger partial charge in [0.15, 0.2) is 5.78 Å². The largest absolute Gasteiger partial charge is 0.399 e. The molecule has 5 heteroatoms. The second-order valence-corrected chi connectivity index (χ2v) is 4.86. The van der Waals surface area contributed by atoms with Crippen molar-refractivity contribution in [2.75, 3.05) is 5.73 Å². The Hall–Kier alpha value is -3.31. The van der Waals surface area contributed by atoms with E-state index < -0.39 is 5.92 Å². The number of nitrogen functional groups attached to an aromatic ring is 1. The fourth-order valence-corrected chi connectivity index (χ4v) is 2.81. The highest BCUT2D eigenvalue weighted by molar-refractivity contribution is 6.19. The van der Waals surface area contributed by atoms with E-state index in [1.54, 1.807) is 30.4 Å². The molecule has 0 heterocycles. The van der Waals surface area contributed by atoms with E-state index in [4.69, 9.17) is 11.5 Å². The predicted octanol–water partition coefficient (Wildman–Crippen LogP) is 1.51. The quantitative estimate of drug-likeness (QED) is 0.549. The van der Waals surface area contributed by atoms with Crippen LogP contribution in [-0.2, 0) is 4.79 Å². The maximum atomic E-state index is 12.4. The number of carbonyl (C=O) groups is 1. The summed E-state index contributed by atoms with van der Waals surface area (Å²) in [4.78, 5) is 12.4. The summed E-state index contributed by atoms with van der Waals surface area (Å²) in [7, 11) is 0. The average Bonchev–Trinajstić information content (AvgIpc) is 2.79. The van der Waals surface area contributed by atoms with E-state index in [9.17, 15) is 15.3 Å². The molecule has 1 aromatic rings. The van der Waals surface area contributed by atoms with E-state index in [1.165, 1.54) is 0 Å². The average molecular weight is 274 g/mol.